The summed E-state index contributed by atoms with van der Waals surface area (Å²) in [5, 5.41) is 0. The first-order valence-corrected chi connectivity index (χ1v) is 9.46. The molecule has 0 spiro atoms. The van der Waals surface area contributed by atoms with Crippen LogP contribution in [0.4, 0.5) is 0 Å². The Morgan fingerprint density at radius 2 is 1.93 bits per heavy atom. The number of rotatable bonds is 4. The quantitative estimate of drug-likeness (QED) is 0.831. The molecular formula is C21H25N3O3. The molecule has 2 amide bonds. The van der Waals surface area contributed by atoms with Crippen molar-refractivity contribution in [2.75, 3.05) is 33.2 Å². The minimum absolute atomic E-state index is 0.0233. The average Bonchev–Trinajstić information content (AvgIpc) is 3.32. The largest absolute Gasteiger partial charge is 0.467 e. The van der Waals surface area contributed by atoms with Gasteiger partial charge in [-0.2, -0.15) is 0 Å². The summed E-state index contributed by atoms with van der Waals surface area (Å²) in [6.45, 7) is 3.25. The van der Waals surface area contributed by atoms with E-state index >= 15 is 0 Å². The third kappa shape index (κ3) is 3.76. The van der Waals surface area contributed by atoms with Crippen LogP contribution in [0.25, 0.3) is 0 Å². The van der Waals surface area contributed by atoms with Crippen LogP contribution in [0, 0.1) is 5.92 Å². The Morgan fingerprint density at radius 3 is 2.67 bits per heavy atom. The molecule has 2 saturated heterocycles. The topological polar surface area (TPSA) is 57.0 Å². The smallest absolute Gasteiger partial charge is 0.228 e. The molecule has 3 heterocycles. The molecule has 1 aromatic carbocycles. The van der Waals surface area contributed by atoms with Crippen LogP contribution in [0.1, 0.15) is 23.8 Å². The minimum atomic E-state index is -0.276. The van der Waals surface area contributed by atoms with E-state index in [4.69, 9.17) is 4.42 Å². The van der Waals surface area contributed by atoms with Crippen LogP contribution < -0.4 is 0 Å². The molecule has 2 aliphatic heterocycles. The summed E-state index contributed by atoms with van der Waals surface area (Å²) in [4.78, 5) is 31.7. The summed E-state index contributed by atoms with van der Waals surface area (Å²) in [6.07, 6.45) is 1.89. The Hall–Kier alpha value is -2.60. The molecule has 2 aromatic rings. The van der Waals surface area contributed by atoms with E-state index in [0.717, 1.165) is 24.4 Å². The molecule has 2 atom stereocenters. The van der Waals surface area contributed by atoms with Crippen molar-refractivity contribution in [3.8, 4) is 0 Å². The standard InChI is InChI=1S/C21H25N3O3/c1-22-9-10-24(19(15-22)16-6-3-2-4-7-16)21(26)17-12-20(25)23(13-17)14-18-8-5-11-27-18/h2-8,11,17,19H,9-10,12-15H2,1H3. The fourth-order valence-electron chi connectivity index (χ4n) is 4.06. The van der Waals surface area contributed by atoms with Crippen molar-refractivity contribution in [2.24, 2.45) is 5.92 Å². The van der Waals surface area contributed by atoms with Crippen molar-refractivity contribution >= 4 is 11.8 Å². The van der Waals surface area contributed by atoms with Crippen molar-refractivity contribution in [3.05, 3.63) is 60.1 Å². The summed E-state index contributed by atoms with van der Waals surface area (Å²) in [7, 11) is 2.09. The van der Waals surface area contributed by atoms with Gasteiger partial charge in [0, 0.05) is 32.6 Å². The second kappa shape index (κ2) is 7.56. The van der Waals surface area contributed by atoms with Crippen LogP contribution in [0.2, 0.25) is 0 Å². The first-order valence-electron chi connectivity index (χ1n) is 9.46. The number of amides is 2. The molecule has 0 radical (unpaired) electrons. The molecule has 0 aliphatic carbocycles. The summed E-state index contributed by atoms with van der Waals surface area (Å²) < 4.78 is 5.35. The third-order valence-corrected chi connectivity index (χ3v) is 5.54. The molecule has 142 valence electrons. The van der Waals surface area contributed by atoms with E-state index in [0.29, 0.717) is 19.6 Å². The number of hydrogen-bond donors (Lipinski definition) is 0. The Morgan fingerprint density at radius 1 is 1.11 bits per heavy atom. The van der Waals surface area contributed by atoms with E-state index in [1.54, 1.807) is 11.2 Å². The van der Waals surface area contributed by atoms with E-state index in [-0.39, 0.29) is 30.2 Å². The van der Waals surface area contributed by atoms with Gasteiger partial charge in [0.2, 0.25) is 11.8 Å². The van der Waals surface area contributed by atoms with Crippen LogP contribution in [0.3, 0.4) is 0 Å². The first-order chi connectivity index (χ1) is 13.1. The molecule has 2 aliphatic rings. The van der Waals surface area contributed by atoms with Gasteiger partial charge in [-0.25, -0.2) is 0 Å². The number of piperazine rings is 1. The number of benzene rings is 1. The normalized spacial score (nSPS) is 23.8. The van der Waals surface area contributed by atoms with Crippen LogP contribution in [0.5, 0.6) is 0 Å². The fraction of sp³-hybridized carbons (Fsp3) is 0.429. The highest BCUT2D eigenvalue weighted by Gasteiger charge is 2.40. The monoisotopic (exact) mass is 367 g/mol. The highest BCUT2D eigenvalue weighted by atomic mass is 16.3. The molecule has 2 fully saturated rings. The van der Waals surface area contributed by atoms with Crippen molar-refractivity contribution in [1.29, 1.82) is 0 Å². The number of carbonyl (C=O) groups is 2. The van der Waals surface area contributed by atoms with Gasteiger partial charge in [-0.05, 0) is 24.7 Å². The van der Waals surface area contributed by atoms with Gasteiger partial charge in [0.1, 0.15) is 5.76 Å². The molecule has 6 heteroatoms. The van der Waals surface area contributed by atoms with Crippen molar-refractivity contribution in [2.45, 2.75) is 19.0 Å². The summed E-state index contributed by atoms with van der Waals surface area (Å²) in [6, 6.07) is 13.9. The van der Waals surface area contributed by atoms with E-state index in [2.05, 4.69) is 24.1 Å². The molecule has 1 aromatic heterocycles. The average molecular weight is 367 g/mol. The van der Waals surface area contributed by atoms with Gasteiger partial charge in [-0.1, -0.05) is 30.3 Å². The molecule has 4 rings (SSSR count). The lowest BCUT2D eigenvalue weighted by Crippen LogP contribution is -2.51. The first kappa shape index (κ1) is 17.8. The van der Waals surface area contributed by atoms with Crippen molar-refractivity contribution in [1.82, 2.24) is 14.7 Å². The third-order valence-electron chi connectivity index (χ3n) is 5.54. The van der Waals surface area contributed by atoms with E-state index in [9.17, 15) is 9.59 Å². The molecule has 6 nitrogen and oxygen atoms in total. The van der Waals surface area contributed by atoms with Crippen LogP contribution in [0.15, 0.2) is 53.1 Å². The highest BCUT2D eigenvalue weighted by Crippen LogP contribution is 2.29. The van der Waals surface area contributed by atoms with Gasteiger partial charge < -0.3 is 19.1 Å². The van der Waals surface area contributed by atoms with E-state index in [1.165, 1.54) is 0 Å². The second-order valence-corrected chi connectivity index (χ2v) is 7.48. The Balaban J connectivity index is 1.48. The highest BCUT2D eigenvalue weighted by molar-refractivity contribution is 5.89. The molecule has 2 unspecified atom stereocenters. The van der Waals surface area contributed by atoms with Crippen molar-refractivity contribution < 1.29 is 14.0 Å². The summed E-state index contributed by atoms with van der Waals surface area (Å²) in [5.74, 6) is 0.586. The summed E-state index contributed by atoms with van der Waals surface area (Å²) in [5.41, 5.74) is 1.15. The lowest BCUT2D eigenvalue weighted by atomic mass is 9.99. The Kier molecular flexibility index (Phi) is 4.99. The molecule has 0 N–H and O–H groups in total. The number of likely N-dealkylation sites (tertiary alicyclic amines) is 1. The number of hydrogen-bond acceptors (Lipinski definition) is 4. The zero-order valence-corrected chi connectivity index (χ0v) is 15.6. The predicted octanol–water partition coefficient (Wildman–Crippen LogP) is 2.14. The lowest BCUT2D eigenvalue weighted by molar-refractivity contribution is -0.140. The molecule has 27 heavy (non-hydrogen) atoms. The van der Waals surface area contributed by atoms with Gasteiger partial charge >= 0.3 is 0 Å². The van der Waals surface area contributed by atoms with E-state index < -0.39 is 0 Å². The molecule has 0 saturated carbocycles. The summed E-state index contributed by atoms with van der Waals surface area (Å²) >= 11 is 0. The SMILES string of the molecule is CN1CCN(C(=O)C2CC(=O)N(Cc3ccco3)C2)C(c2ccccc2)C1. The van der Waals surface area contributed by atoms with Crippen molar-refractivity contribution in [3.63, 3.8) is 0 Å². The Bertz CT molecular complexity index is 790. The van der Waals surface area contributed by atoms with Crippen LogP contribution in [-0.2, 0) is 16.1 Å². The van der Waals surface area contributed by atoms with Crippen LogP contribution >= 0.6 is 0 Å². The minimum Gasteiger partial charge on any atom is -0.467 e. The maximum absolute atomic E-state index is 13.3. The maximum atomic E-state index is 13.3. The second-order valence-electron chi connectivity index (χ2n) is 7.48. The zero-order chi connectivity index (χ0) is 18.8. The Labute approximate surface area is 159 Å². The predicted molar refractivity (Wildman–Crippen MR) is 101 cm³/mol. The number of nitrogens with zero attached hydrogens (tertiary/aromatic N) is 3. The van der Waals surface area contributed by atoms with E-state index in [1.807, 2.05) is 35.2 Å². The van der Waals surface area contributed by atoms with Gasteiger partial charge in [-0.15, -0.1) is 0 Å². The van der Waals surface area contributed by atoms with Crippen LogP contribution in [-0.4, -0.2) is 59.7 Å². The number of furan rings is 1. The van der Waals surface area contributed by atoms with Gasteiger partial charge in [0.15, 0.2) is 0 Å². The van der Waals surface area contributed by atoms with Gasteiger partial charge in [-0.3, -0.25) is 9.59 Å². The lowest BCUT2D eigenvalue weighted by Gasteiger charge is -2.41. The zero-order valence-electron chi connectivity index (χ0n) is 15.6. The maximum Gasteiger partial charge on any atom is 0.228 e. The van der Waals surface area contributed by atoms with Gasteiger partial charge in [0.25, 0.3) is 0 Å². The molecule has 0 bridgehead atoms. The fourth-order valence-corrected chi connectivity index (χ4v) is 4.06. The van der Waals surface area contributed by atoms with Gasteiger partial charge in [0.05, 0.1) is 24.8 Å². The number of carbonyl (C=O) groups excluding carboxylic acids is 2. The molecular weight excluding hydrogens is 342 g/mol. The number of likely N-dealkylation sites (N-methyl/N-ethyl adjacent to an activating group) is 1.